The number of benzene rings is 2. The number of carbonyl (C=O) groups excluding carboxylic acids is 1. The highest BCUT2D eigenvalue weighted by atomic mass is 19.1. The molecule has 1 amide bonds. The third kappa shape index (κ3) is 3.47. The van der Waals surface area contributed by atoms with Crippen LogP contribution in [0.2, 0.25) is 0 Å². The number of nitrogens with one attached hydrogen (secondary N) is 1. The van der Waals surface area contributed by atoms with Crippen molar-refractivity contribution in [3.8, 4) is 5.75 Å². The Labute approximate surface area is 116 Å². The molecule has 0 spiro atoms. The molecule has 0 aromatic heterocycles. The van der Waals surface area contributed by atoms with Crippen LogP contribution in [0.4, 0.5) is 15.8 Å². The molecule has 20 heavy (non-hydrogen) atoms. The van der Waals surface area contributed by atoms with E-state index in [1.807, 2.05) is 0 Å². The van der Waals surface area contributed by atoms with Gasteiger partial charge in [0, 0.05) is 6.07 Å². The fraction of sp³-hybridized carbons (Fsp3) is 0.133. The summed E-state index contributed by atoms with van der Waals surface area (Å²) in [5, 5.41) is 2.62. The van der Waals surface area contributed by atoms with E-state index in [0.717, 1.165) is 0 Å². The zero-order valence-corrected chi connectivity index (χ0v) is 11.0. The normalized spacial score (nSPS) is 10.1. The number of nitrogens with two attached hydrogens (primary N) is 1. The fourth-order valence-corrected chi connectivity index (χ4v) is 1.61. The number of rotatable bonds is 4. The Balaban J connectivity index is 1.92. The Bertz CT molecular complexity index is 629. The van der Waals surface area contributed by atoms with Gasteiger partial charge in [-0.25, -0.2) is 4.39 Å². The van der Waals surface area contributed by atoms with Gasteiger partial charge in [0.15, 0.2) is 6.61 Å². The number of hydrogen-bond acceptors (Lipinski definition) is 3. The molecule has 3 N–H and O–H groups in total. The Hall–Kier alpha value is -2.56. The highest BCUT2D eigenvalue weighted by molar-refractivity contribution is 5.94. The molecule has 0 atom stereocenters. The number of carbonyl (C=O) groups is 1. The second-order valence-corrected chi connectivity index (χ2v) is 4.34. The lowest BCUT2D eigenvalue weighted by Crippen LogP contribution is -2.20. The molecule has 0 bridgehead atoms. The molecular formula is C15H15FN2O2. The summed E-state index contributed by atoms with van der Waals surface area (Å²) in [7, 11) is 0. The molecule has 0 saturated carbocycles. The number of hydrogen-bond donors (Lipinski definition) is 2. The van der Waals surface area contributed by atoms with Crippen LogP contribution in [-0.2, 0) is 4.79 Å². The summed E-state index contributed by atoms with van der Waals surface area (Å²) < 4.78 is 18.5. The van der Waals surface area contributed by atoms with Crippen LogP contribution >= 0.6 is 0 Å². The first kappa shape index (κ1) is 13.9. The van der Waals surface area contributed by atoms with Crippen molar-refractivity contribution in [2.45, 2.75) is 6.92 Å². The van der Waals surface area contributed by atoms with Gasteiger partial charge in [-0.05, 0) is 30.7 Å². The molecule has 104 valence electrons. The molecule has 0 unspecified atom stereocenters. The van der Waals surface area contributed by atoms with Crippen molar-refractivity contribution < 1.29 is 13.9 Å². The van der Waals surface area contributed by atoms with Crippen molar-refractivity contribution in [1.82, 2.24) is 0 Å². The SMILES string of the molecule is Cc1ccc(OCC(=O)Nc2ccccc2N)cc1F. The average Bonchev–Trinajstić information content (AvgIpc) is 2.43. The maximum absolute atomic E-state index is 13.3. The van der Waals surface area contributed by atoms with Crippen molar-refractivity contribution in [2.24, 2.45) is 0 Å². The predicted molar refractivity (Wildman–Crippen MR) is 76.1 cm³/mol. The number of aryl methyl sites for hydroxylation is 1. The summed E-state index contributed by atoms with van der Waals surface area (Å²) >= 11 is 0. The molecule has 2 aromatic rings. The third-order valence-corrected chi connectivity index (χ3v) is 2.75. The van der Waals surface area contributed by atoms with Crippen LogP contribution in [0.25, 0.3) is 0 Å². The van der Waals surface area contributed by atoms with Gasteiger partial charge in [-0.3, -0.25) is 4.79 Å². The van der Waals surface area contributed by atoms with Gasteiger partial charge < -0.3 is 15.8 Å². The maximum atomic E-state index is 13.3. The van der Waals surface area contributed by atoms with Crippen LogP contribution in [0.1, 0.15) is 5.56 Å². The van der Waals surface area contributed by atoms with Gasteiger partial charge in [0.2, 0.25) is 0 Å². The van der Waals surface area contributed by atoms with Crippen LogP contribution in [-0.4, -0.2) is 12.5 Å². The fourth-order valence-electron chi connectivity index (χ4n) is 1.61. The molecule has 2 aromatic carbocycles. The third-order valence-electron chi connectivity index (χ3n) is 2.75. The van der Waals surface area contributed by atoms with E-state index in [4.69, 9.17) is 10.5 Å². The van der Waals surface area contributed by atoms with Gasteiger partial charge in [0.05, 0.1) is 11.4 Å². The zero-order chi connectivity index (χ0) is 14.5. The monoisotopic (exact) mass is 274 g/mol. The standard InChI is InChI=1S/C15H15FN2O2/c1-10-6-7-11(8-12(10)16)20-9-15(19)18-14-5-3-2-4-13(14)17/h2-8H,9,17H2,1H3,(H,18,19). The number of anilines is 2. The summed E-state index contributed by atoms with van der Waals surface area (Å²) in [6, 6.07) is 11.4. The van der Waals surface area contributed by atoms with E-state index >= 15 is 0 Å². The lowest BCUT2D eigenvalue weighted by atomic mass is 10.2. The van der Waals surface area contributed by atoms with Crippen LogP contribution in [0.15, 0.2) is 42.5 Å². The van der Waals surface area contributed by atoms with E-state index in [9.17, 15) is 9.18 Å². The Kier molecular flexibility index (Phi) is 4.20. The molecule has 0 aliphatic carbocycles. The summed E-state index contributed by atoms with van der Waals surface area (Å²) in [5.41, 5.74) is 7.23. The van der Waals surface area contributed by atoms with Gasteiger partial charge in [0.25, 0.3) is 5.91 Å². The molecule has 2 rings (SSSR count). The van der Waals surface area contributed by atoms with Crippen LogP contribution in [0.3, 0.4) is 0 Å². The van der Waals surface area contributed by atoms with Crippen molar-refractivity contribution in [1.29, 1.82) is 0 Å². The Morgan fingerprint density at radius 2 is 2.05 bits per heavy atom. The summed E-state index contributed by atoms with van der Waals surface area (Å²) in [4.78, 5) is 11.7. The van der Waals surface area contributed by atoms with E-state index in [1.165, 1.54) is 6.07 Å². The number of para-hydroxylation sites is 2. The zero-order valence-electron chi connectivity index (χ0n) is 11.0. The minimum Gasteiger partial charge on any atom is -0.484 e. The molecule has 4 nitrogen and oxygen atoms in total. The summed E-state index contributed by atoms with van der Waals surface area (Å²) in [6.45, 7) is 1.45. The van der Waals surface area contributed by atoms with Gasteiger partial charge in [-0.2, -0.15) is 0 Å². The molecule has 0 saturated heterocycles. The van der Waals surface area contributed by atoms with Gasteiger partial charge in [-0.1, -0.05) is 18.2 Å². The summed E-state index contributed by atoms with van der Waals surface area (Å²) in [6.07, 6.45) is 0. The molecule has 0 aliphatic heterocycles. The molecule has 0 aliphatic rings. The van der Waals surface area contributed by atoms with E-state index in [2.05, 4.69) is 5.32 Å². The second-order valence-electron chi connectivity index (χ2n) is 4.34. The second kappa shape index (κ2) is 6.06. The first-order valence-corrected chi connectivity index (χ1v) is 6.09. The first-order chi connectivity index (χ1) is 9.56. The van der Waals surface area contributed by atoms with Crippen molar-refractivity contribution >= 4 is 17.3 Å². The predicted octanol–water partition coefficient (Wildman–Crippen LogP) is 2.73. The number of amides is 1. The quantitative estimate of drug-likeness (QED) is 0.842. The van der Waals surface area contributed by atoms with Gasteiger partial charge in [-0.15, -0.1) is 0 Å². The summed E-state index contributed by atoms with van der Waals surface area (Å²) in [5.74, 6) is -0.414. The van der Waals surface area contributed by atoms with Gasteiger partial charge >= 0.3 is 0 Å². The number of ether oxygens (including phenoxy) is 1. The lowest BCUT2D eigenvalue weighted by molar-refractivity contribution is -0.118. The topological polar surface area (TPSA) is 64.3 Å². The van der Waals surface area contributed by atoms with E-state index in [1.54, 1.807) is 43.3 Å². The van der Waals surface area contributed by atoms with E-state index in [0.29, 0.717) is 22.7 Å². The van der Waals surface area contributed by atoms with Crippen LogP contribution in [0, 0.1) is 12.7 Å². The highest BCUT2D eigenvalue weighted by Gasteiger charge is 2.06. The highest BCUT2D eigenvalue weighted by Crippen LogP contribution is 2.18. The van der Waals surface area contributed by atoms with Gasteiger partial charge in [0.1, 0.15) is 11.6 Å². The smallest absolute Gasteiger partial charge is 0.262 e. The van der Waals surface area contributed by atoms with E-state index in [-0.39, 0.29) is 18.3 Å². The number of halogens is 1. The minimum atomic E-state index is -0.366. The van der Waals surface area contributed by atoms with E-state index < -0.39 is 0 Å². The maximum Gasteiger partial charge on any atom is 0.262 e. The van der Waals surface area contributed by atoms with Crippen LogP contribution in [0.5, 0.6) is 5.75 Å². The molecule has 0 radical (unpaired) electrons. The van der Waals surface area contributed by atoms with Crippen molar-refractivity contribution in [3.63, 3.8) is 0 Å². The molecule has 0 fully saturated rings. The average molecular weight is 274 g/mol. The molecular weight excluding hydrogens is 259 g/mol. The van der Waals surface area contributed by atoms with Crippen LogP contribution < -0.4 is 15.8 Å². The lowest BCUT2D eigenvalue weighted by Gasteiger charge is -2.09. The first-order valence-electron chi connectivity index (χ1n) is 6.09. The largest absolute Gasteiger partial charge is 0.484 e. The Morgan fingerprint density at radius 3 is 2.75 bits per heavy atom. The molecule has 0 heterocycles. The van der Waals surface area contributed by atoms with Crippen molar-refractivity contribution in [2.75, 3.05) is 17.7 Å². The minimum absolute atomic E-state index is 0.211. The Morgan fingerprint density at radius 1 is 1.30 bits per heavy atom. The number of nitrogen functional groups attached to an aromatic ring is 1. The van der Waals surface area contributed by atoms with Crippen molar-refractivity contribution in [3.05, 3.63) is 53.8 Å². The molecule has 5 heteroatoms.